The lowest BCUT2D eigenvalue weighted by atomic mass is 9.96. The first kappa shape index (κ1) is 16.0. The summed E-state index contributed by atoms with van der Waals surface area (Å²) in [6.45, 7) is 5.68. The maximum absolute atomic E-state index is 12.4. The van der Waals surface area contributed by atoms with Crippen molar-refractivity contribution in [2.45, 2.75) is 26.3 Å². The van der Waals surface area contributed by atoms with E-state index in [4.69, 9.17) is 5.73 Å². The van der Waals surface area contributed by atoms with Crippen molar-refractivity contribution in [3.63, 3.8) is 0 Å². The van der Waals surface area contributed by atoms with E-state index in [1.807, 2.05) is 23.3 Å². The van der Waals surface area contributed by atoms with Crippen LogP contribution in [0.5, 0.6) is 0 Å². The van der Waals surface area contributed by atoms with E-state index in [0.717, 1.165) is 32.5 Å². The molecule has 2 heterocycles. The summed E-state index contributed by atoms with van der Waals surface area (Å²) >= 11 is 1.68. The zero-order chi connectivity index (χ0) is 15.2. The van der Waals surface area contributed by atoms with E-state index in [0.29, 0.717) is 13.1 Å². The Morgan fingerprint density at radius 2 is 2.14 bits per heavy atom. The summed E-state index contributed by atoms with van der Waals surface area (Å²) in [6, 6.07) is 4.07. The number of carbonyl (C=O) groups is 2. The molecule has 1 aliphatic rings. The molecule has 1 fully saturated rings. The van der Waals surface area contributed by atoms with Crippen LogP contribution in [0.4, 0.5) is 0 Å². The molecular weight excluding hydrogens is 286 g/mol. The van der Waals surface area contributed by atoms with Gasteiger partial charge in [0.2, 0.25) is 5.91 Å². The summed E-state index contributed by atoms with van der Waals surface area (Å²) in [6.07, 6.45) is 1.60. The third-order valence-electron chi connectivity index (χ3n) is 4.16. The molecular formula is C15H24N3O2S+. The van der Waals surface area contributed by atoms with Crippen LogP contribution in [0.15, 0.2) is 17.5 Å². The third-order valence-corrected chi connectivity index (χ3v) is 5.02. The van der Waals surface area contributed by atoms with Crippen LogP contribution in [0.2, 0.25) is 0 Å². The van der Waals surface area contributed by atoms with Gasteiger partial charge in [0.15, 0.2) is 6.54 Å². The number of amides is 2. The van der Waals surface area contributed by atoms with Crippen LogP contribution in [-0.2, 0) is 16.1 Å². The molecule has 21 heavy (non-hydrogen) atoms. The maximum Gasteiger partial charge on any atom is 0.278 e. The van der Waals surface area contributed by atoms with Crippen molar-refractivity contribution in [3.8, 4) is 0 Å². The van der Waals surface area contributed by atoms with Crippen molar-refractivity contribution < 1.29 is 14.5 Å². The Morgan fingerprint density at radius 3 is 2.67 bits per heavy atom. The quantitative estimate of drug-likeness (QED) is 0.769. The van der Waals surface area contributed by atoms with Gasteiger partial charge in [-0.05, 0) is 18.4 Å². The van der Waals surface area contributed by atoms with Crippen LogP contribution in [0.1, 0.15) is 24.6 Å². The summed E-state index contributed by atoms with van der Waals surface area (Å²) in [4.78, 5) is 27.9. The molecule has 5 nitrogen and oxygen atoms in total. The number of likely N-dealkylation sites (N-methyl/N-ethyl adjacent to an activating group) is 1. The molecule has 3 N–H and O–H groups in total. The molecule has 1 aromatic heterocycles. The number of hydrogen-bond donors (Lipinski definition) is 2. The van der Waals surface area contributed by atoms with E-state index in [2.05, 4.69) is 6.07 Å². The second-order valence-electron chi connectivity index (χ2n) is 5.59. The minimum Gasteiger partial charge on any atom is -0.369 e. The maximum atomic E-state index is 12.4. The van der Waals surface area contributed by atoms with Gasteiger partial charge in [0.1, 0.15) is 0 Å². The fourth-order valence-corrected chi connectivity index (χ4v) is 3.50. The number of quaternary nitrogens is 1. The van der Waals surface area contributed by atoms with Crippen molar-refractivity contribution >= 4 is 23.2 Å². The fraction of sp³-hybridized carbons (Fsp3) is 0.600. The van der Waals surface area contributed by atoms with Gasteiger partial charge in [0.05, 0.1) is 19.6 Å². The average molecular weight is 310 g/mol. The second kappa shape index (κ2) is 7.56. The lowest BCUT2D eigenvalue weighted by molar-refractivity contribution is -0.898. The van der Waals surface area contributed by atoms with Gasteiger partial charge in [-0.2, -0.15) is 0 Å². The van der Waals surface area contributed by atoms with Crippen LogP contribution in [0.3, 0.4) is 0 Å². The highest BCUT2D eigenvalue weighted by Gasteiger charge is 2.28. The van der Waals surface area contributed by atoms with Crippen molar-refractivity contribution in [1.82, 2.24) is 4.90 Å². The second-order valence-corrected chi connectivity index (χ2v) is 6.62. The zero-order valence-electron chi connectivity index (χ0n) is 12.5. The number of piperidine rings is 1. The molecule has 6 heteroatoms. The summed E-state index contributed by atoms with van der Waals surface area (Å²) < 4.78 is 0. The van der Waals surface area contributed by atoms with Crippen molar-refractivity contribution in [3.05, 3.63) is 22.4 Å². The van der Waals surface area contributed by atoms with Gasteiger partial charge >= 0.3 is 0 Å². The minimum absolute atomic E-state index is 0.00255. The van der Waals surface area contributed by atoms with Gasteiger partial charge in [-0.25, -0.2) is 0 Å². The predicted molar refractivity (Wildman–Crippen MR) is 82.9 cm³/mol. The standard InChI is InChI=1S/C15H23N3O2S/c1-2-18(10-13-4-3-9-21-13)14(19)11-17-7-5-12(6-8-17)15(16)20/h3-4,9,12H,2,5-8,10-11H2,1H3,(H2,16,20)/p+1. The highest BCUT2D eigenvalue weighted by atomic mass is 32.1. The van der Waals surface area contributed by atoms with Gasteiger partial charge in [-0.3, -0.25) is 9.59 Å². The highest BCUT2D eigenvalue weighted by molar-refractivity contribution is 7.09. The van der Waals surface area contributed by atoms with E-state index < -0.39 is 0 Å². The van der Waals surface area contributed by atoms with Gasteiger partial charge < -0.3 is 15.5 Å². The Balaban J connectivity index is 1.81. The topological polar surface area (TPSA) is 67.8 Å². The van der Waals surface area contributed by atoms with Crippen LogP contribution < -0.4 is 10.6 Å². The lowest BCUT2D eigenvalue weighted by Gasteiger charge is -2.29. The average Bonchev–Trinajstić information content (AvgIpc) is 2.98. The highest BCUT2D eigenvalue weighted by Crippen LogP contribution is 2.12. The summed E-state index contributed by atoms with van der Waals surface area (Å²) in [5.41, 5.74) is 5.34. The van der Waals surface area contributed by atoms with Crippen LogP contribution in [0, 0.1) is 5.92 Å². The van der Waals surface area contributed by atoms with Gasteiger partial charge in [-0.15, -0.1) is 11.3 Å². The fourth-order valence-electron chi connectivity index (χ4n) is 2.78. The number of thiophene rings is 1. The van der Waals surface area contributed by atoms with E-state index >= 15 is 0 Å². The number of nitrogens with zero attached hydrogens (tertiary/aromatic N) is 1. The SMILES string of the molecule is CCN(Cc1cccs1)C(=O)C[NH+]1CCC(C(N)=O)CC1. The minimum atomic E-state index is -0.201. The summed E-state index contributed by atoms with van der Waals surface area (Å²) in [5, 5.41) is 2.04. The first-order chi connectivity index (χ1) is 10.1. The molecule has 0 spiro atoms. The molecule has 1 saturated heterocycles. The first-order valence-corrected chi connectivity index (χ1v) is 8.41. The molecule has 0 aromatic carbocycles. The number of primary amides is 1. The Hall–Kier alpha value is -1.40. The molecule has 0 aliphatic carbocycles. The van der Waals surface area contributed by atoms with E-state index in [-0.39, 0.29) is 17.7 Å². The van der Waals surface area contributed by atoms with E-state index in [9.17, 15) is 9.59 Å². The molecule has 2 rings (SSSR count). The lowest BCUT2D eigenvalue weighted by Crippen LogP contribution is -3.14. The molecule has 0 bridgehead atoms. The van der Waals surface area contributed by atoms with Gasteiger partial charge in [0.25, 0.3) is 5.91 Å². The number of likely N-dealkylation sites (tertiary alicyclic amines) is 1. The molecule has 2 amide bonds. The number of carbonyl (C=O) groups excluding carboxylic acids is 2. The third kappa shape index (κ3) is 4.54. The Kier molecular flexibility index (Phi) is 5.76. The zero-order valence-corrected chi connectivity index (χ0v) is 13.3. The molecule has 1 aliphatic heterocycles. The molecule has 116 valence electrons. The summed E-state index contributed by atoms with van der Waals surface area (Å²) in [7, 11) is 0. The van der Waals surface area contributed by atoms with Crippen LogP contribution in [-0.4, -0.2) is 42.9 Å². The molecule has 0 radical (unpaired) electrons. The smallest absolute Gasteiger partial charge is 0.278 e. The van der Waals surface area contributed by atoms with E-state index in [1.165, 1.54) is 9.78 Å². The molecule has 0 saturated carbocycles. The number of hydrogen-bond acceptors (Lipinski definition) is 3. The molecule has 0 atom stereocenters. The molecule has 1 aromatic rings. The Bertz CT molecular complexity index is 467. The van der Waals surface area contributed by atoms with Gasteiger partial charge in [0, 0.05) is 30.2 Å². The Labute approximate surface area is 129 Å². The van der Waals surface area contributed by atoms with Crippen molar-refractivity contribution in [2.24, 2.45) is 11.7 Å². The van der Waals surface area contributed by atoms with Crippen LogP contribution >= 0.6 is 11.3 Å². The Morgan fingerprint density at radius 1 is 1.43 bits per heavy atom. The number of rotatable bonds is 6. The predicted octanol–water partition coefficient (Wildman–Crippen LogP) is -0.123. The molecule has 0 unspecified atom stereocenters. The largest absolute Gasteiger partial charge is 0.369 e. The number of nitrogens with two attached hydrogens (primary N) is 1. The first-order valence-electron chi connectivity index (χ1n) is 7.53. The van der Waals surface area contributed by atoms with Gasteiger partial charge in [-0.1, -0.05) is 6.07 Å². The number of nitrogens with one attached hydrogen (secondary N) is 1. The van der Waals surface area contributed by atoms with E-state index in [1.54, 1.807) is 11.3 Å². The summed E-state index contributed by atoms with van der Waals surface area (Å²) in [5.74, 6) is -0.0102. The van der Waals surface area contributed by atoms with Crippen molar-refractivity contribution in [2.75, 3.05) is 26.2 Å². The van der Waals surface area contributed by atoms with Crippen molar-refractivity contribution in [1.29, 1.82) is 0 Å². The monoisotopic (exact) mass is 310 g/mol. The van der Waals surface area contributed by atoms with Crippen LogP contribution in [0.25, 0.3) is 0 Å². The normalized spacial score (nSPS) is 22.0.